The number of anilines is 1. The number of halogens is 2. The smallest absolute Gasteiger partial charge is 0.231 e. The first-order valence-corrected chi connectivity index (χ1v) is 10.5. The van der Waals surface area contributed by atoms with Crippen LogP contribution < -0.4 is 15.2 Å². The van der Waals surface area contributed by atoms with Gasteiger partial charge in [0.2, 0.25) is 6.79 Å². The minimum Gasteiger partial charge on any atom is -0.454 e. The summed E-state index contributed by atoms with van der Waals surface area (Å²) in [7, 11) is 0. The van der Waals surface area contributed by atoms with E-state index < -0.39 is 0 Å². The van der Waals surface area contributed by atoms with Gasteiger partial charge in [-0.25, -0.2) is 0 Å². The molecule has 0 bridgehead atoms. The summed E-state index contributed by atoms with van der Waals surface area (Å²) in [6.07, 6.45) is 0.880. The zero-order valence-corrected chi connectivity index (χ0v) is 18.4. The van der Waals surface area contributed by atoms with E-state index in [1.807, 2.05) is 18.2 Å². The van der Waals surface area contributed by atoms with Crippen LogP contribution in [0, 0.1) is 0 Å². The minimum atomic E-state index is 0.111. The minimum absolute atomic E-state index is 0.111. The molecule has 3 aromatic rings. The van der Waals surface area contributed by atoms with Gasteiger partial charge in [-0.1, -0.05) is 62.2 Å². The lowest BCUT2D eigenvalue weighted by Crippen LogP contribution is -2.12. The Morgan fingerprint density at radius 3 is 2.21 bits per heavy atom. The van der Waals surface area contributed by atoms with E-state index in [0.717, 1.165) is 22.9 Å². The van der Waals surface area contributed by atoms with Crippen molar-refractivity contribution >= 4 is 39.5 Å². The van der Waals surface area contributed by atoms with E-state index in [-0.39, 0.29) is 5.41 Å². The van der Waals surface area contributed by atoms with Gasteiger partial charge < -0.3 is 15.2 Å². The molecule has 0 saturated carbocycles. The van der Waals surface area contributed by atoms with Gasteiger partial charge in [-0.3, -0.25) is 0 Å². The van der Waals surface area contributed by atoms with Gasteiger partial charge >= 0.3 is 0 Å². The van der Waals surface area contributed by atoms with Crippen LogP contribution in [0.3, 0.4) is 0 Å². The average molecular weight is 436 g/mol. The summed E-state index contributed by atoms with van der Waals surface area (Å²) in [4.78, 5) is 1.33. The molecule has 1 aromatic heterocycles. The van der Waals surface area contributed by atoms with Crippen molar-refractivity contribution in [2.24, 2.45) is 0 Å². The molecule has 0 spiro atoms. The van der Waals surface area contributed by atoms with Crippen molar-refractivity contribution in [3.05, 3.63) is 74.6 Å². The predicted octanol–water partition coefficient (Wildman–Crippen LogP) is 6.94. The fourth-order valence-electron chi connectivity index (χ4n) is 2.89. The predicted molar refractivity (Wildman–Crippen MR) is 119 cm³/mol. The maximum atomic E-state index is 5.99. The molecule has 0 saturated heterocycles. The summed E-state index contributed by atoms with van der Waals surface area (Å²) in [6, 6.07) is 15.4. The van der Waals surface area contributed by atoms with Crippen molar-refractivity contribution in [1.82, 2.24) is 0 Å². The number of rotatable bonds is 2. The lowest BCUT2D eigenvalue weighted by atomic mass is 9.86. The molecule has 1 aliphatic heterocycles. The third-order valence-electron chi connectivity index (χ3n) is 4.26. The summed E-state index contributed by atoms with van der Waals surface area (Å²) in [5, 5.41) is 2.09. The number of nitrogens with two attached hydrogens (primary N) is 1. The molecule has 0 amide bonds. The molecular weight excluding hydrogens is 413 g/mol. The van der Waals surface area contributed by atoms with Crippen molar-refractivity contribution in [3.63, 3.8) is 0 Å². The van der Waals surface area contributed by atoms with Gasteiger partial charge in [0.1, 0.15) is 0 Å². The number of fused-ring (bicyclic) bond motifs is 1. The van der Waals surface area contributed by atoms with Crippen molar-refractivity contribution in [1.29, 1.82) is 0 Å². The molecule has 4 rings (SSSR count). The fourth-order valence-corrected chi connectivity index (χ4v) is 4.34. The molecule has 28 heavy (non-hydrogen) atoms. The van der Waals surface area contributed by atoms with Crippen LogP contribution in [0.4, 0.5) is 5.00 Å². The Hall–Kier alpha value is -1.88. The van der Waals surface area contributed by atoms with Gasteiger partial charge in [0.05, 0.1) is 15.0 Å². The molecule has 148 valence electrons. The Bertz CT molecular complexity index is 942. The summed E-state index contributed by atoms with van der Waals surface area (Å²) in [5.41, 5.74) is 8.66. The summed E-state index contributed by atoms with van der Waals surface area (Å²) in [6.45, 7) is 6.98. The van der Waals surface area contributed by atoms with Crippen LogP contribution in [0.25, 0.3) is 0 Å². The first kappa shape index (κ1) is 20.8. The Labute approximate surface area is 180 Å². The molecule has 2 N–H and O–H groups in total. The summed E-state index contributed by atoms with van der Waals surface area (Å²) in [5.74, 6) is 1.67. The van der Waals surface area contributed by atoms with Crippen LogP contribution in [0.5, 0.6) is 11.5 Å². The Morgan fingerprint density at radius 1 is 0.964 bits per heavy atom. The highest BCUT2D eigenvalue weighted by Crippen LogP contribution is 2.37. The van der Waals surface area contributed by atoms with Crippen LogP contribution in [0.1, 0.15) is 36.8 Å². The second-order valence-electron chi connectivity index (χ2n) is 7.51. The van der Waals surface area contributed by atoms with Gasteiger partial charge in [-0.05, 0) is 46.9 Å². The van der Waals surface area contributed by atoms with Gasteiger partial charge in [-0.15, -0.1) is 11.3 Å². The van der Waals surface area contributed by atoms with E-state index in [2.05, 4.69) is 39.0 Å². The number of nitrogen functional groups attached to an aromatic ring is 1. The Morgan fingerprint density at radius 2 is 1.61 bits per heavy atom. The summed E-state index contributed by atoms with van der Waals surface area (Å²) >= 11 is 12.8. The molecule has 1 aliphatic rings. The maximum absolute atomic E-state index is 5.99. The quantitative estimate of drug-likeness (QED) is 0.473. The van der Waals surface area contributed by atoms with Crippen LogP contribution >= 0.6 is 34.5 Å². The van der Waals surface area contributed by atoms with Gasteiger partial charge in [0.25, 0.3) is 0 Å². The number of thiophene rings is 1. The van der Waals surface area contributed by atoms with E-state index in [9.17, 15) is 0 Å². The largest absolute Gasteiger partial charge is 0.454 e. The number of ether oxygens (including phenoxy) is 2. The Kier molecular flexibility index (Phi) is 6.43. The van der Waals surface area contributed by atoms with Gasteiger partial charge in [0.15, 0.2) is 11.5 Å². The molecule has 3 nitrogen and oxygen atoms in total. The van der Waals surface area contributed by atoms with Crippen LogP contribution in [0.15, 0.2) is 48.5 Å². The van der Waals surface area contributed by atoms with E-state index in [4.69, 9.17) is 38.4 Å². The molecule has 0 aliphatic carbocycles. The first-order valence-electron chi connectivity index (χ1n) is 8.91. The number of hydrogen-bond acceptors (Lipinski definition) is 4. The maximum Gasteiger partial charge on any atom is 0.231 e. The van der Waals surface area contributed by atoms with Crippen LogP contribution in [-0.4, -0.2) is 6.79 Å². The molecule has 0 fully saturated rings. The second kappa shape index (κ2) is 8.64. The van der Waals surface area contributed by atoms with Crippen molar-refractivity contribution < 1.29 is 9.47 Å². The van der Waals surface area contributed by atoms with Crippen LogP contribution in [0.2, 0.25) is 10.0 Å². The third-order valence-corrected chi connectivity index (χ3v) is 5.98. The lowest BCUT2D eigenvalue weighted by Gasteiger charge is -2.19. The van der Waals surface area contributed by atoms with E-state index in [0.29, 0.717) is 16.8 Å². The number of hydrogen-bond donors (Lipinski definition) is 1. The van der Waals surface area contributed by atoms with Crippen LogP contribution in [-0.2, 0) is 11.8 Å². The Balaban J connectivity index is 0.000000236. The average Bonchev–Trinajstić information content (AvgIpc) is 3.24. The van der Waals surface area contributed by atoms with Crippen molar-refractivity contribution in [2.75, 3.05) is 12.5 Å². The molecule has 2 heterocycles. The highest BCUT2D eigenvalue weighted by atomic mass is 35.5. The standard InChI is InChI=1S/C16H19NO2S.C6H4Cl2/c1-16(2,3)11-8-15(17)20-14(11)7-10-4-5-12-13(6-10)19-9-18-12;7-5-3-1-2-4-6(5)8/h4-6,8H,7,9,17H2,1-3H3;1-4H. The first-order chi connectivity index (χ1) is 13.2. The van der Waals surface area contributed by atoms with Crippen molar-refractivity contribution in [3.8, 4) is 11.5 Å². The third kappa shape index (κ3) is 5.13. The second-order valence-corrected chi connectivity index (χ2v) is 9.50. The van der Waals surface area contributed by atoms with E-state index in [1.165, 1.54) is 16.0 Å². The monoisotopic (exact) mass is 435 g/mol. The summed E-state index contributed by atoms with van der Waals surface area (Å²) < 4.78 is 10.8. The van der Waals surface area contributed by atoms with E-state index in [1.54, 1.807) is 23.5 Å². The van der Waals surface area contributed by atoms with E-state index >= 15 is 0 Å². The molecule has 0 unspecified atom stereocenters. The fraction of sp³-hybridized carbons (Fsp3) is 0.273. The van der Waals surface area contributed by atoms with Gasteiger partial charge in [0, 0.05) is 11.3 Å². The molecule has 0 radical (unpaired) electrons. The SMILES string of the molecule is CC(C)(C)c1cc(N)sc1Cc1ccc2c(c1)OCO2.Clc1ccccc1Cl. The van der Waals surface area contributed by atoms with Gasteiger partial charge in [-0.2, -0.15) is 0 Å². The topological polar surface area (TPSA) is 44.5 Å². The molecular formula is C22H23Cl2NO2S. The van der Waals surface area contributed by atoms with Crippen molar-refractivity contribution in [2.45, 2.75) is 32.6 Å². The number of benzene rings is 2. The zero-order valence-electron chi connectivity index (χ0n) is 16.1. The lowest BCUT2D eigenvalue weighted by molar-refractivity contribution is 0.174. The molecule has 0 atom stereocenters. The highest BCUT2D eigenvalue weighted by Gasteiger charge is 2.21. The molecule has 6 heteroatoms. The molecule has 2 aromatic carbocycles. The zero-order chi connectivity index (χ0) is 20.3. The normalized spacial score (nSPS) is 12.5. The highest BCUT2D eigenvalue weighted by molar-refractivity contribution is 7.16.